The van der Waals surface area contributed by atoms with E-state index in [0.717, 1.165) is 44.6 Å². The molecule has 0 amide bonds. The van der Waals surface area contributed by atoms with Crippen molar-refractivity contribution in [2.45, 2.75) is 19.3 Å². The van der Waals surface area contributed by atoms with E-state index in [1.54, 1.807) is 0 Å². The van der Waals surface area contributed by atoms with Crippen LogP contribution in [0, 0.1) is 0 Å². The van der Waals surface area contributed by atoms with Crippen LogP contribution < -0.4 is 0 Å². The maximum atomic E-state index is 5.36. The Morgan fingerprint density at radius 3 is 1.78 bits per heavy atom. The summed E-state index contributed by atoms with van der Waals surface area (Å²) in [5, 5.41) is 8.49. The summed E-state index contributed by atoms with van der Waals surface area (Å²) in [5.74, 6) is 0.713. The van der Waals surface area contributed by atoms with Crippen molar-refractivity contribution in [1.82, 2.24) is 19.1 Å². The molecule has 14 rings (SSSR count). The summed E-state index contributed by atoms with van der Waals surface area (Å²) in [5.41, 5.74) is 18.6. The van der Waals surface area contributed by atoms with E-state index in [0.29, 0.717) is 5.82 Å². The molecular formula is C63H42N4. The molecular weight excluding hydrogens is 813 g/mol. The fourth-order valence-electron chi connectivity index (χ4n) is 11.3. The summed E-state index contributed by atoms with van der Waals surface area (Å²) in [4.78, 5) is 10.5. The summed E-state index contributed by atoms with van der Waals surface area (Å²) >= 11 is 0. The smallest absolute Gasteiger partial charge is 0.160 e. The van der Waals surface area contributed by atoms with Gasteiger partial charge in [-0.2, -0.15) is 0 Å². The lowest BCUT2D eigenvalue weighted by molar-refractivity contribution is 0.660. The van der Waals surface area contributed by atoms with Gasteiger partial charge in [-0.3, -0.25) is 0 Å². The number of rotatable bonds is 5. The minimum absolute atomic E-state index is 0.107. The molecule has 0 N–H and O–H groups in total. The third kappa shape index (κ3) is 5.60. The van der Waals surface area contributed by atoms with Crippen molar-refractivity contribution in [1.29, 1.82) is 0 Å². The van der Waals surface area contributed by atoms with E-state index in [1.165, 1.54) is 82.2 Å². The number of hydrogen-bond acceptors (Lipinski definition) is 2. The summed E-state index contributed by atoms with van der Waals surface area (Å²) in [6, 6.07) is 79.5. The molecule has 67 heavy (non-hydrogen) atoms. The van der Waals surface area contributed by atoms with E-state index in [9.17, 15) is 0 Å². The van der Waals surface area contributed by atoms with Crippen molar-refractivity contribution >= 4 is 65.3 Å². The van der Waals surface area contributed by atoms with Gasteiger partial charge in [0.1, 0.15) is 0 Å². The first kappa shape index (κ1) is 37.7. The van der Waals surface area contributed by atoms with Gasteiger partial charge in [0, 0.05) is 54.8 Å². The molecule has 314 valence electrons. The Morgan fingerprint density at radius 1 is 0.358 bits per heavy atom. The number of para-hydroxylation sites is 3. The number of nitrogens with zero attached hydrogens (tertiary/aromatic N) is 4. The lowest BCUT2D eigenvalue weighted by Crippen LogP contribution is -2.14. The summed E-state index contributed by atoms with van der Waals surface area (Å²) in [7, 11) is 0. The van der Waals surface area contributed by atoms with E-state index in [1.807, 2.05) is 0 Å². The highest BCUT2D eigenvalue weighted by molar-refractivity contribution is 6.22. The van der Waals surface area contributed by atoms with Gasteiger partial charge in [-0.1, -0.05) is 147 Å². The first-order valence-corrected chi connectivity index (χ1v) is 23.2. The first-order chi connectivity index (χ1) is 33.0. The molecule has 0 saturated heterocycles. The lowest BCUT2D eigenvalue weighted by Gasteiger charge is -2.22. The zero-order valence-electron chi connectivity index (χ0n) is 37.1. The van der Waals surface area contributed by atoms with Crippen LogP contribution in [0.25, 0.3) is 122 Å². The fourth-order valence-corrected chi connectivity index (χ4v) is 11.3. The number of aromatic nitrogens is 4. The van der Waals surface area contributed by atoms with E-state index < -0.39 is 0 Å². The minimum Gasteiger partial charge on any atom is -0.309 e. The predicted molar refractivity (Wildman–Crippen MR) is 280 cm³/mol. The van der Waals surface area contributed by atoms with E-state index >= 15 is 0 Å². The van der Waals surface area contributed by atoms with Gasteiger partial charge in [0.05, 0.1) is 33.3 Å². The Kier molecular flexibility index (Phi) is 8.00. The lowest BCUT2D eigenvalue weighted by atomic mass is 9.82. The third-order valence-electron chi connectivity index (χ3n) is 14.5. The van der Waals surface area contributed by atoms with Crippen LogP contribution in [0.3, 0.4) is 0 Å². The van der Waals surface area contributed by atoms with Gasteiger partial charge in [0.15, 0.2) is 5.82 Å². The predicted octanol–water partition coefficient (Wildman–Crippen LogP) is 16.3. The molecule has 0 saturated carbocycles. The van der Waals surface area contributed by atoms with Crippen LogP contribution in [0.15, 0.2) is 218 Å². The second-order valence-electron chi connectivity index (χ2n) is 18.6. The highest BCUT2D eigenvalue weighted by Gasteiger charge is 2.35. The van der Waals surface area contributed by atoms with Gasteiger partial charge >= 0.3 is 0 Å². The Morgan fingerprint density at radius 2 is 0.940 bits per heavy atom. The van der Waals surface area contributed by atoms with Crippen LogP contribution in [0.1, 0.15) is 25.0 Å². The molecule has 1 aliphatic carbocycles. The Balaban J connectivity index is 0.894. The second-order valence-corrected chi connectivity index (χ2v) is 18.6. The van der Waals surface area contributed by atoms with Gasteiger partial charge in [0.25, 0.3) is 0 Å². The van der Waals surface area contributed by atoms with Crippen LogP contribution in [0.5, 0.6) is 0 Å². The van der Waals surface area contributed by atoms with E-state index in [2.05, 4.69) is 241 Å². The van der Waals surface area contributed by atoms with Crippen molar-refractivity contribution < 1.29 is 0 Å². The molecule has 0 radical (unpaired) electrons. The van der Waals surface area contributed by atoms with E-state index in [-0.39, 0.29) is 5.41 Å². The van der Waals surface area contributed by atoms with Crippen molar-refractivity contribution in [3.63, 3.8) is 0 Å². The largest absolute Gasteiger partial charge is 0.309 e. The Hall–Kier alpha value is -8.60. The summed E-state index contributed by atoms with van der Waals surface area (Å²) < 4.78 is 4.79. The molecule has 0 bridgehead atoms. The highest BCUT2D eigenvalue weighted by Crippen LogP contribution is 2.50. The van der Waals surface area contributed by atoms with Crippen molar-refractivity contribution in [2.75, 3.05) is 0 Å². The first-order valence-electron chi connectivity index (χ1n) is 23.2. The number of fused-ring (bicyclic) bond motifs is 12. The normalized spacial score (nSPS) is 13.0. The molecule has 13 aromatic rings. The molecule has 3 aromatic heterocycles. The molecule has 4 nitrogen and oxygen atoms in total. The van der Waals surface area contributed by atoms with Gasteiger partial charge in [-0.05, 0) is 129 Å². The van der Waals surface area contributed by atoms with E-state index in [4.69, 9.17) is 9.97 Å². The molecule has 0 fully saturated rings. The molecule has 4 heteroatoms. The van der Waals surface area contributed by atoms with Gasteiger partial charge < -0.3 is 9.13 Å². The van der Waals surface area contributed by atoms with Crippen molar-refractivity contribution in [3.05, 3.63) is 230 Å². The Bertz CT molecular complexity index is 4170. The molecule has 0 atom stereocenters. The highest BCUT2D eigenvalue weighted by atomic mass is 15.0. The van der Waals surface area contributed by atoms with Crippen molar-refractivity contribution in [2.24, 2.45) is 0 Å². The standard InChI is InChI=1S/C63H42N4/c1-63(2)53-21-11-8-18-47(53)48-32-26-43(38-54(48)63)61-50-20-9-12-22-55(50)64-62(65-61)40-24-30-45(31-25-40)67-58-34-29-42(37-52(58)60-46-17-7-6-14-39(46)27-35-59(60)67)41-28-33-57-51(36-41)49-19-10-13-23-56(49)66(57)44-15-4-3-5-16-44/h3-38H,1-2H3. The average Bonchev–Trinajstić information content (AvgIpc) is 3.98. The topological polar surface area (TPSA) is 35.6 Å². The molecule has 1 aliphatic rings. The second kappa shape index (κ2) is 14.2. The molecule has 10 aromatic carbocycles. The molecule has 0 aliphatic heterocycles. The maximum Gasteiger partial charge on any atom is 0.160 e. The number of hydrogen-bond donors (Lipinski definition) is 0. The monoisotopic (exact) mass is 854 g/mol. The minimum atomic E-state index is -0.107. The maximum absolute atomic E-state index is 5.36. The van der Waals surface area contributed by atoms with Crippen molar-refractivity contribution in [3.8, 4) is 56.3 Å². The van der Waals surface area contributed by atoms with Crippen LogP contribution >= 0.6 is 0 Å². The van der Waals surface area contributed by atoms with Crippen LogP contribution in [-0.2, 0) is 5.41 Å². The zero-order chi connectivity index (χ0) is 44.4. The van der Waals surface area contributed by atoms with Crippen LogP contribution in [0.2, 0.25) is 0 Å². The zero-order valence-corrected chi connectivity index (χ0v) is 37.1. The third-order valence-corrected chi connectivity index (χ3v) is 14.5. The Labute approximate surface area is 387 Å². The summed E-state index contributed by atoms with van der Waals surface area (Å²) in [6.45, 7) is 4.66. The quantitative estimate of drug-likeness (QED) is 0.173. The fraction of sp³-hybridized carbons (Fsp3) is 0.0476. The van der Waals surface area contributed by atoms with Gasteiger partial charge in [-0.25, -0.2) is 9.97 Å². The summed E-state index contributed by atoms with van der Waals surface area (Å²) in [6.07, 6.45) is 0. The SMILES string of the molecule is CC1(C)c2ccccc2-c2ccc(-c3nc(-c4ccc(-n5c6ccc(-c7ccc8c(c7)c7ccccc7n8-c7ccccc7)cc6c6c7ccccc7ccc65)cc4)nc4ccccc34)cc21. The average molecular weight is 855 g/mol. The van der Waals surface area contributed by atoms with Gasteiger partial charge in [0.2, 0.25) is 0 Å². The molecule has 0 spiro atoms. The number of benzene rings is 10. The van der Waals surface area contributed by atoms with Crippen LogP contribution in [-0.4, -0.2) is 19.1 Å². The molecule has 3 heterocycles. The van der Waals surface area contributed by atoms with Crippen LogP contribution in [0.4, 0.5) is 0 Å². The van der Waals surface area contributed by atoms with Gasteiger partial charge in [-0.15, -0.1) is 0 Å². The molecule has 0 unspecified atom stereocenters.